The van der Waals surface area contributed by atoms with Crippen molar-refractivity contribution in [3.63, 3.8) is 0 Å². The Balaban J connectivity index is 2.06. The van der Waals surface area contributed by atoms with Crippen LogP contribution in [0.4, 0.5) is 10.5 Å². The van der Waals surface area contributed by atoms with Gasteiger partial charge in [-0.25, -0.2) is 4.79 Å². The molecule has 1 aromatic carbocycles. The first-order valence-corrected chi connectivity index (χ1v) is 5.75. The molecule has 4 nitrogen and oxygen atoms in total. The number of carbonyl (C=O) groups is 1. The Morgan fingerprint density at radius 1 is 1.22 bits per heavy atom. The second-order valence-corrected chi connectivity index (χ2v) is 4.09. The highest BCUT2D eigenvalue weighted by Gasteiger charge is 2.09. The number of anilines is 1. The number of aromatic nitrogens is 1. The molecule has 1 aromatic heterocycles. The first-order valence-electron chi connectivity index (χ1n) is 4.99. The van der Waals surface area contributed by atoms with Crippen LogP contribution in [0.3, 0.4) is 0 Å². The van der Waals surface area contributed by atoms with Gasteiger partial charge in [-0.3, -0.25) is 10.3 Å². The van der Waals surface area contributed by atoms with E-state index in [9.17, 15) is 4.79 Å². The van der Waals surface area contributed by atoms with Gasteiger partial charge in [-0.15, -0.1) is 0 Å². The number of halogens is 2. The predicted octanol–water partition coefficient (Wildman–Crippen LogP) is 4.00. The van der Waals surface area contributed by atoms with Crippen molar-refractivity contribution >= 4 is 35.0 Å². The minimum atomic E-state index is -0.660. The van der Waals surface area contributed by atoms with Crippen LogP contribution in [0.1, 0.15) is 0 Å². The molecule has 0 atom stereocenters. The molecule has 1 N–H and O–H groups in total. The third kappa shape index (κ3) is 3.12. The molecule has 0 saturated heterocycles. The highest BCUT2D eigenvalue weighted by molar-refractivity contribution is 6.43. The number of hydrogen-bond acceptors (Lipinski definition) is 3. The third-order valence-corrected chi connectivity index (χ3v) is 2.85. The number of hydrogen-bond donors (Lipinski definition) is 1. The van der Waals surface area contributed by atoms with Crippen LogP contribution in [-0.2, 0) is 0 Å². The number of ether oxygens (including phenoxy) is 1. The molecule has 2 aromatic rings. The van der Waals surface area contributed by atoms with Gasteiger partial charge in [0.15, 0.2) is 5.75 Å². The van der Waals surface area contributed by atoms with Crippen molar-refractivity contribution in [2.45, 2.75) is 0 Å². The summed E-state index contributed by atoms with van der Waals surface area (Å²) in [4.78, 5) is 15.4. The normalized spacial score (nSPS) is 9.89. The smallest absolute Gasteiger partial charge is 0.408 e. The number of carbonyl (C=O) groups excluding carboxylic acids is 1. The molecule has 0 radical (unpaired) electrons. The number of rotatable bonds is 2. The second-order valence-electron chi connectivity index (χ2n) is 3.30. The number of nitrogens with zero attached hydrogens (tertiary/aromatic N) is 1. The SMILES string of the molecule is O=C(Nc1cccc(Cl)c1Cl)Oc1cccnc1. The molecule has 0 aliphatic heterocycles. The van der Waals surface area contributed by atoms with Crippen LogP contribution < -0.4 is 10.1 Å². The van der Waals surface area contributed by atoms with E-state index < -0.39 is 6.09 Å². The molecule has 0 bridgehead atoms. The molecule has 2 rings (SSSR count). The van der Waals surface area contributed by atoms with Crippen LogP contribution in [0.2, 0.25) is 10.0 Å². The van der Waals surface area contributed by atoms with Crippen molar-refractivity contribution in [1.29, 1.82) is 0 Å². The molecule has 18 heavy (non-hydrogen) atoms. The molecule has 0 aliphatic rings. The summed E-state index contributed by atoms with van der Waals surface area (Å²) in [6.07, 6.45) is 2.35. The van der Waals surface area contributed by atoms with E-state index in [2.05, 4.69) is 10.3 Å². The lowest BCUT2D eigenvalue weighted by Crippen LogP contribution is -2.17. The van der Waals surface area contributed by atoms with Gasteiger partial charge in [0.25, 0.3) is 0 Å². The zero-order chi connectivity index (χ0) is 13.0. The molecule has 0 fully saturated rings. The van der Waals surface area contributed by atoms with Crippen LogP contribution >= 0.6 is 23.2 Å². The number of benzene rings is 1. The summed E-state index contributed by atoms with van der Waals surface area (Å²) < 4.78 is 5.00. The number of nitrogens with one attached hydrogen (secondary N) is 1. The van der Waals surface area contributed by atoms with E-state index in [1.165, 1.54) is 6.20 Å². The quantitative estimate of drug-likeness (QED) is 0.906. The van der Waals surface area contributed by atoms with E-state index in [1.807, 2.05) is 0 Å². The Morgan fingerprint density at radius 3 is 2.78 bits per heavy atom. The van der Waals surface area contributed by atoms with Crippen LogP contribution in [0.15, 0.2) is 42.7 Å². The number of amides is 1. The zero-order valence-corrected chi connectivity index (χ0v) is 10.6. The van der Waals surface area contributed by atoms with E-state index in [4.69, 9.17) is 27.9 Å². The van der Waals surface area contributed by atoms with E-state index >= 15 is 0 Å². The monoisotopic (exact) mass is 282 g/mol. The fraction of sp³-hybridized carbons (Fsp3) is 0. The van der Waals surface area contributed by atoms with Crippen molar-refractivity contribution < 1.29 is 9.53 Å². The Bertz CT molecular complexity index is 561. The van der Waals surface area contributed by atoms with Gasteiger partial charge in [0, 0.05) is 6.20 Å². The topological polar surface area (TPSA) is 51.2 Å². The van der Waals surface area contributed by atoms with Gasteiger partial charge in [0.1, 0.15) is 0 Å². The predicted molar refractivity (Wildman–Crippen MR) is 70.3 cm³/mol. The zero-order valence-electron chi connectivity index (χ0n) is 9.06. The first-order chi connectivity index (χ1) is 8.66. The van der Waals surface area contributed by atoms with Crippen molar-refractivity contribution in [3.05, 3.63) is 52.8 Å². The van der Waals surface area contributed by atoms with E-state index in [0.29, 0.717) is 16.5 Å². The average Bonchev–Trinajstić information content (AvgIpc) is 2.36. The van der Waals surface area contributed by atoms with Gasteiger partial charge < -0.3 is 4.74 Å². The molecule has 1 amide bonds. The molecule has 1 heterocycles. The van der Waals surface area contributed by atoms with Crippen molar-refractivity contribution in [1.82, 2.24) is 4.98 Å². The minimum Gasteiger partial charge on any atom is -0.408 e. The van der Waals surface area contributed by atoms with E-state index in [0.717, 1.165) is 0 Å². The van der Waals surface area contributed by atoms with Gasteiger partial charge in [-0.1, -0.05) is 29.3 Å². The van der Waals surface area contributed by atoms with E-state index in [1.54, 1.807) is 36.5 Å². The Labute approximate surface area is 114 Å². The summed E-state index contributed by atoms with van der Waals surface area (Å²) >= 11 is 11.7. The van der Waals surface area contributed by atoms with E-state index in [-0.39, 0.29) is 5.02 Å². The summed E-state index contributed by atoms with van der Waals surface area (Å²) in [5.74, 6) is 0.341. The number of pyridine rings is 1. The lowest BCUT2D eigenvalue weighted by molar-refractivity contribution is 0.215. The highest BCUT2D eigenvalue weighted by atomic mass is 35.5. The van der Waals surface area contributed by atoms with Gasteiger partial charge in [0.2, 0.25) is 0 Å². The summed E-state index contributed by atoms with van der Waals surface area (Å²) in [7, 11) is 0. The second kappa shape index (κ2) is 5.71. The molecule has 0 saturated carbocycles. The van der Waals surface area contributed by atoms with Gasteiger partial charge >= 0.3 is 6.09 Å². The fourth-order valence-corrected chi connectivity index (χ4v) is 1.60. The summed E-state index contributed by atoms with van der Waals surface area (Å²) in [5, 5.41) is 3.12. The largest absolute Gasteiger partial charge is 0.417 e. The van der Waals surface area contributed by atoms with Crippen molar-refractivity contribution in [3.8, 4) is 5.75 Å². The standard InChI is InChI=1S/C12H8Cl2N2O2/c13-9-4-1-5-10(11(9)14)16-12(17)18-8-3-2-6-15-7-8/h1-7H,(H,16,17). The highest BCUT2D eigenvalue weighted by Crippen LogP contribution is 2.29. The lowest BCUT2D eigenvalue weighted by atomic mass is 10.3. The van der Waals surface area contributed by atoms with Crippen LogP contribution in [0.25, 0.3) is 0 Å². The summed E-state index contributed by atoms with van der Waals surface area (Å²) in [5.41, 5.74) is 0.387. The summed E-state index contributed by atoms with van der Waals surface area (Å²) in [6, 6.07) is 8.20. The maximum Gasteiger partial charge on any atom is 0.417 e. The molecule has 0 aliphatic carbocycles. The maximum absolute atomic E-state index is 11.6. The molecular formula is C12H8Cl2N2O2. The molecule has 0 spiro atoms. The van der Waals surface area contributed by atoms with Crippen molar-refractivity contribution in [2.24, 2.45) is 0 Å². The Morgan fingerprint density at radius 2 is 2.06 bits per heavy atom. The third-order valence-electron chi connectivity index (χ3n) is 2.03. The lowest BCUT2D eigenvalue weighted by Gasteiger charge is -2.08. The van der Waals surface area contributed by atoms with Crippen LogP contribution in [-0.4, -0.2) is 11.1 Å². The van der Waals surface area contributed by atoms with Gasteiger partial charge in [0.05, 0.1) is 21.9 Å². The Kier molecular flexibility index (Phi) is 4.02. The van der Waals surface area contributed by atoms with Crippen LogP contribution in [0, 0.1) is 0 Å². The fourth-order valence-electron chi connectivity index (χ4n) is 1.25. The first kappa shape index (κ1) is 12.7. The molecule has 0 unspecified atom stereocenters. The van der Waals surface area contributed by atoms with Crippen molar-refractivity contribution in [2.75, 3.05) is 5.32 Å². The average molecular weight is 283 g/mol. The summed E-state index contributed by atoms with van der Waals surface area (Å²) in [6.45, 7) is 0. The minimum absolute atomic E-state index is 0.266. The van der Waals surface area contributed by atoms with Crippen LogP contribution in [0.5, 0.6) is 5.75 Å². The molecular weight excluding hydrogens is 275 g/mol. The molecule has 92 valence electrons. The van der Waals surface area contributed by atoms with Gasteiger partial charge in [-0.05, 0) is 24.3 Å². The molecule has 6 heteroatoms. The Hall–Kier alpha value is -1.78. The maximum atomic E-state index is 11.6. The van der Waals surface area contributed by atoms with Gasteiger partial charge in [-0.2, -0.15) is 0 Å².